The lowest BCUT2D eigenvalue weighted by Gasteiger charge is -2.29. The second-order valence-electron chi connectivity index (χ2n) is 6.73. The van der Waals surface area contributed by atoms with Crippen LogP contribution in [0.15, 0.2) is 18.2 Å². The van der Waals surface area contributed by atoms with Crippen molar-refractivity contribution in [2.75, 3.05) is 19.6 Å². The van der Waals surface area contributed by atoms with Crippen LogP contribution >= 0.6 is 0 Å². The molecule has 0 aromatic heterocycles. The standard InChI is InChI=1S/C19H26N4O3/c1-2-20-9-4-10-21-11-13-5-3-6-14-15(13)12-23(19(14)26)16-7-8-17(24)22-18(16)25/h3,5-6,16,20-21H,2,4,7-12H2,1H3,(H,22,24,25). The Morgan fingerprint density at radius 1 is 1.19 bits per heavy atom. The normalized spacial score (nSPS) is 19.7. The van der Waals surface area contributed by atoms with Gasteiger partial charge < -0.3 is 15.5 Å². The maximum absolute atomic E-state index is 12.8. The van der Waals surface area contributed by atoms with Crippen LogP contribution in [-0.4, -0.2) is 48.3 Å². The minimum atomic E-state index is -0.562. The van der Waals surface area contributed by atoms with Crippen LogP contribution in [0.5, 0.6) is 0 Å². The van der Waals surface area contributed by atoms with E-state index in [1.807, 2.05) is 18.2 Å². The highest BCUT2D eigenvalue weighted by Gasteiger charge is 2.39. The molecule has 0 radical (unpaired) electrons. The Morgan fingerprint density at radius 3 is 2.77 bits per heavy atom. The minimum absolute atomic E-state index is 0.122. The van der Waals surface area contributed by atoms with Gasteiger partial charge in [-0.2, -0.15) is 0 Å². The number of carbonyl (C=O) groups excluding carboxylic acids is 3. The minimum Gasteiger partial charge on any atom is -0.322 e. The maximum Gasteiger partial charge on any atom is 0.255 e. The molecule has 7 nitrogen and oxygen atoms in total. The van der Waals surface area contributed by atoms with E-state index in [9.17, 15) is 14.4 Å². The second kappa shape index (κ2) is 8.42. The Morgan fingerprint density at radius 2 is 2.00 bits per heavy atom. The number of benzene rings is 1. The van der Waals surface area contributed by atoms with Crippen LogP contribution in [0.2, 0.25) is 0 Å². The van der Waals surface area contributed by atoms with Crippen LogP contribution in [-0.2, 0) is 22.7 Å². The van der Waals surface area contributed by atoms with Crippen molar-refractivity contribution in [3.05, 3.63) is 34.9 Å². The first-order valence-electron chi connectivity index (χ1n) is 9.28. The molecule has 3 N–H and O–H groups in total. The van der Waals surface area contributed by atoms with Gasteiger partial charge in [0, 0.05) is 25.1 Å². The predicted molar refractivity (Wildman–Crippen MR) is 97.4 cm³/mol. The third kappa shape index (κ3) is 3.94. The van der Waals surface area contributed by atoms with Crippen molar-refractivity contribution in [1.29, 1.82) is 0 Å². The number of nitrogens with zero attached hydrogens (tertiary/aromatic N) is 1. The second-order valence-corrected chi connectivity index (χ2v) is 6.73. The molecular weight excluding hydrogens is 332 g/mol. The van der Waals surface area contributed by atoms with E-state index in [-0.39, 0.29) is 24.1 Å². The number of carbonyl (C=O) groups is 3. The Labute approximate surface area is 153 Å². The molecule has 7 heteroatoms. The zero-order valence-electron chi connectivity index (χ0n) is 15.1. The Kier molecular flexibility index (Phi) is 6.00. The van der Waals surface area contributed by atoms with Gasteiger partial charge in [-0.25, -0.2) is 0 Å². The van der Waals surface area contributed by atoms with Gasteiger partial charge in [-0.1, -0.05) is 19.1 Å². The van der Waals surface area contributed by atoms with E-state index in [1.165, 1.54) is 0 Å². The lowest BCUT2D eigenvalue weighted by Crippen LogP contribution is -2.52. The average Bonchev–Trinajstić information content (AvgIpc) is 2.96. The molecule has 1 atom stereocenters. The number of piperidine rings is 1. The number of rotatable bonds is 8. The molecule has 0 bridgehead atoms. The van der Waals surface area contributed by atoms with E-state index in [1.54, 1.807) is 4.90 Å². The number of hydrogen-bond donors (Lipinski definition) is 3. The average molecular weight is 358 g/mol. The smallest absolute Gasteiger partial charge is 0.255 e. The number of fused-ring (bicyclic) bond motifs is 1. The van der Waals surface area contributed by atoms with Gasteiger partial charge in [0.25, 0.3) is 5.91 Å². The van der Waals surface area contributed by atoms with Gasteiger partial charge >= 0.3 is 0 Å². The van der Waals surface area contributed by atoms with Crippen molar-refractivity contribution >= 4 is 17.7 Å². The zero-order chi connectivity index (χ0) is 18.5. The summed E-state index contributed by atoms with van der Waals surface area (Å²) in [6.45, 7) is 6.08. The first-order valence-corrected chi connectivity index (χ1v) is 9.28. The van der Waals surface area contributed by atoms with E-state index in [0.717, 1.165) is 37.2 Å². The Hall–Kier alpha value is -2.25. The highest BCUT2D eigenvalue weighted by atomic mass is 16.2. The molecule has 3 amide bonds. The third-order valence-corrected chi connectivity index (χ3v) is 4.95. The molecule has 140 valence electrons. The predicted octanol–water partition coefficient (Wildman–Crippen LogP) is 0.537. The number of nitrogens with one attached hydrogen (secondary N) is 3. The first-order chi connectivity index (χ1) is 12.6. The largest absolute Gasteiger partial charge is 0.322 e. The van der Waals surface area contributed by atoms with Crippen LogP contribution in [0.3, 0.4) is 0 Å². The summed E-state index contributed by atoms with van der Waals surface area (Å²) >= 11 is 0. The van der Waals surface area contributed by atoms with Gasteiger partial charge in [0.2, 0.25) is 11.8 Å². The molecule has 2 heterocycles. The molecule has 2 aliphatic heterocycles. The molecule has 1 saturated heterocycles. The SMILES string of the molecule is CCNCCCNCc1cccc2c1CN(C1CCC(=O)NC1=O)C2=O. The van der Waals surface area contributed by atoms with Gasteiger partial charge in [-0.15, -0.1) is 0 Å². The van der Waals surface area contributed by atoms with Gasteiger partial charge in [-0.05, 0) is 49.7 Å². The van der Waals surface area contributed by atoms with Crippen molar-refractivity contribution in [2.24, 2.45) is 0 Å². The van der Waals surface area contributed by atoms with E-state index in [0.29, 0.717) is 25.1 Å². The molecular formula is C19H26N4O3. The molecule has 1 fully saturated rings. The molecule has 2 aliphatic rings. The lowest BCUT2D eigenvalue weighted by molar-refractivity contribution is -0.136. The van der Waals surface area contributed by atoms with Crippen LogP contribution in [0.4, 0.5) is 0 Å². The van der Waals surface area contributed by atoms with E-state index in [2.05, 4.69) is 22.9 Å². The zero-order valence-corrected chi connectivity index (χ0v) is 15.1. The fraction of sp³-hybridized carbons (Fsp3) is 0.526. The summed E-state index contributed by atoms with van der Waals surface area (Å²) in [6.07, 6.45) is 1.71. The molecule has 26 heavy (non-hydrogen) atoms. The van der Waals surface area contributed by atoms with E-state index in [4.69, 9.17) is 0 Å². The maximum atomic E-state index is 12.8. The van der Waals surface area contributed by atoms with Gasteiger partial charge in [-0.3, -0.25) is 19.7 Å². The Bertz CT molecular complexity index is 704. The molecule has 0 spiro atoms. The highest BCUT2D eigenvalue weighted by Crippen LogP contribution is 2.29. The number of imide groups is 1. The first kappa shape index (κ1) is 18.5. The summed E-state index contributed by atoms with van der Waals surface area (Å²) in [7, 11) is 0. The van der Waals surface area contributed by atoms with E-state index >= 15 is 0 Å². The monoisotopic (exact) mass is 358 g/mol. The van der Waals surface area contributed by atoms with Gasteiger partial charge in [0.1, 0.15) is 6.04 Å². The molecule has 1 aromatic rings. The fourth-order valence-electron chi connectivity index (χ4n) is 3.55. The van der Waals surface area contributed by atoms with E-state index < -0.39 is 6.04 Å². The molecule has 0 saturated carbocycles. The summed E-state index contributed by atoms with van der Waals surface area (Å²) in [4.78, 5) is 37.8. The topological polar surface area (TPSA) is 90.5 Å². The Balaban J connectivity index is 1.64. The van der Waals surface area contributed by atoms with Crippen molar-refractivity contribution in [3.8, 4) is 0 Å². The lowest BCUT2D eigenvalue weighted by atomic mass is 10.0. The molecule has 1 aromatic carbocycles. The summed E-state index contributed by atoms with van der Waals surface area (Å²) in [5.41, 5.74) is 2.75. The highest BCUT2D eigenvalue weighted by molar-refractivity contribution is 6.05. The van der Waals surface area contributed by atoms with Gasteiger partial charge in [0.15, 0.2) is 0 Å². The van der Waals surface area contributed by atoms with Crippen molar-refractivity contribution < 1.29 is 14.4 Å². The summed E-state index contributed by atoms with van der Waals surface area (Å²) in [5, 5.41) is 9.05. The van der Waals surface area contributed by atoms with Crippen LogP contribution in [0, 0.1) is 0 Å². The number of amides is 3. The van der Waals surface area contributed by atoms with Crippen molar-refractivity contribution in [3.63, 3.8) is 0 Å². The number of hydrogen-bond acceptors (Lipinski definition) is 5. The summed E-state index contributed by atoms with van der Waals surface area (Å²) < 4.78 is 0. The van der Waals surface area contributed by atoms with Crippen LogP contribution < -0.4 is 16.0 Å². The van der Waals surface area contributed by atoms with Crippen molar-refractivity contribution in [1.82, 2.24) is 20.9 Å². The summed E-state index contributed by atoms with van der Waals surface area (Å²) in [6, 6.07) is 5.17. The molecule has 3 rings (SSSR count). The van der Waals surface area contributed by atoms with Crippen molar-refractivity contribution in [2.45, 2.75) is 45.3 Å². The van der Waals surface area contributed by atoms with Crippen LogP contribution in [0.25, 0.3) is 0 Å². The molecule has 0 aliphatic carbocycles. The fourth-order valence-corrected chi connectivity index (χ4v) is 3.55. The quantitative estimate of drug-likeness (QED) is 0.466. The summed E-state index contributed by atoms with van der Waals surface area (Å²) in [5.74, 6) is -0.758. The van der Waals surface area contributed by atoms with Gasteiger partial charge in [0.05, 0.1) is 0 Å². The van der Waals surface area contributed by atoms with Crippen LogP contribution in [0.1, 0.15) is 47.7 Å². The molecule has 1 unspecified atom stereocenters. The third-order valence-electron chi connectivity index (χ3n) is 4.95.